The van der Waals surface area contributed by atoms with Crippen LogP contribution in [-0.4, -0.2) is 17.5 Å². The molecule has 0 bridgehead atoms. The van der Waals surface area contributed by atoms with Gasteiger partial charge in [0.1, 0.15) is 0 Å². The topological polar surface area (TPSA) is 114 Å². The first kappa shape index (κ1) is 35.8. The van der Waals surface area contributed by atoms with E-state index in [9.17, 15) is 0 Å². The van der Waals surface area contributed by atoms with Crippen LogP contribution in [0.25, 0.3) is 0 Å². The maximum absolute atomic E-state index is 8.37. The van der Waals surface area contributed by atoms with Crippen LogP contribution in [0.3, 0.4) is 0 Å². The Morgan fingerprint density at radius 1 is 0.821 bits per heavy atom. The molecule has 2 aliphatic carbocycles. The molecule has 3 aliphatic rings. The van der Waals surface area contributed by atoms with Gasteiger partial charge in [-0.2, -0.15) is 21.0 Å². The third kappa shape index (κ3) is 17.1. The normalized spacial score (nSPS) is 20.2. The maximum atomic E-state index is 8.37. The molecule has 1 heterocycles. The van der Waals surface area contributed by atoms with Crippen molar-refractivity contribution in [3.05, 3.63) is 48.1 Å². The Bertz CT molecular complexity index is 953. The monoisotopic (exact) mass is 532 g/mol. The van der Waals surface area contributed by atoms with E-state index in [0.717, 1.165) is 24.8 Å². The quantitative estimate of drug-likeness (QED) is 0.334. The Labute approximate surface area is 237 Å². The van der Waals surface area contributed by atoms with Gasteiger partial charge in [0.05, 0.1) is 35.5 Å². The van der Waals surface area contributed by atoms with Crippen LogP contribution < -0.4 is 0 Å². The summed E-state index contributed by atoms with van der Waals surface area (Å²) in [6, 6.07) is 8.05. The van der Waals surface area contributed by atoms with Gasteiger partial charge in [0.15, 0.2) is 6.29 Å². The summed E-state index contributed by atoms with van der Waals surface area (Å²) in [7, 11) is 0. The molecular weight excluding hydrogens is 484 g/mol. The van der Waals surface area contributed by atoms with E-state index in [1.54, 1.807) is 12.2 Å². The molecule has 1 saturated heterocycles. The molecule has 0 N–H and O–H groups in total. The zero-order valence-corrected chi connectivity index (χ0v) is 24.9. The summed E-state index contributed by atoms with van der Waals surface area (Å²) < 4.78 is 11.2. The van der Waals surface area contributed by atoms with Gasteiger partial charge in [-0.1, -0.05) is 51.3 Å². The Hall–Kier alpha value is -3.16. The summed E-state index contributed by atoms with van der Waals surface area (Å²) in [5.41, 5.74) is 0.339. The first-order chi connectivity index (χ1) is 18.5. The molecule has 0 aromatic heterocycles. The van der Waals surface area contributed by atoms with Crippen LogP contribution in [0.5, 0.6) is 0 Å². The minimum atomic E-state index is -0.398. The molecule has 0 radical (unpaired) electrons. The van der Waals surface area contributed by atoms with E-state index in [-0.39, 0.29) is 11.2 Å². The largest absolute Gasteiger partial charge is 0.340 e. The van der Waals surface area contributed by atoms with Gasteiger partial charge in [-0.05, 0) is 90.6 Å². The fourth-order valence-corrected chi connectivity index (χ4v) is 3.93. The van der Waals surface area contributed by atoms with Crippen molar-refractivity contribution < 1.29 is 9.47 Å². The number of nitrogens with zero attached hydrogens (tertiary/aromatic N) is 4. The molecule has 0 amide bonds. The van der Waals surface area contributed by atoms with Crippen molar-refractivity contribution in [1.29, 1.82) is 21.0 Å². The zero-order chi connectivity index (χ0) is 29.6. The second-order valence-corrected chi connectivity index (χ2v) is 11.2. The summed E-state index contributed by atoms with van der Waals surface area (Å²) in [5, 5.41) is 33.0. The van der Waals surface area contributed by atoms with Crippen LogP contribution in [0.4, 0.5) is 0 Å². The Morgan fingerprint density at radius 3 is 1.82 bits per heavy atom. The highest BCUT2D eigenvalue weighted by atomic mass is 16.7. The number of hydrogen-bond acceptors (Lipinski definition) is 6. The molecule has 39 heavy (non-hydrogen) atoms. The minimum Gasteiger partial charge on any atom is -0.340 e. The van der Waals surface area contributed by atoms with Gasteiger partial charge < -0.3 is 9.47 Å². The lowest BCUT2D eigenvalue weighted by Crippen LogP contribution is -2.41. The highest BCUT2D eigenvalue weighted by Gasteiger charge is 2.48. The molecule has 0 aromatic carbocycles. The van der Waals surface area contributed by atoms with Gasteiger partial charge in [-0.25, -0.2) is 0 Å². The Morgan fingerprint density at radius 2 is 1.38 bits per heavy atom. The smallest absolute Gasteiger partial charge is 0.179 e. The van der Waals surface area contributed by atoms with Crippen LogP contribution in [0.15, 0.2) is 48.1 Å². The molecule has 0 atom stereocenters. The third-order valence-corrected chi connectivity index (χ3v) is 6.93. The molecule has 6 heteroatoms. The van der Waals surface area contributed by atoms with Crippen LogP contribution >= 0.6 is 0 Å². The number of hydrogen-bond donors (Lipinski definition) is 0. The molecule has 1 saturated carbocycles. The van der Waals surface area contributed by atoms with Gasteiger partial charge in [0, 0.05) is 23.8 Å². The molecule has 0 spiro atoms. The van der Waals surface area contributed by atoms with Gasteiger partial charge in [-0.15, -0.1) is 0 Å². The molecule has 6 nitrogen and oxygen atoms in total. The minimum absolute atomic E-state index is 0.322. The molecule has 2 fully saturated rings. The second-order valence-electron chi connectivity index (χ2n) is 11.2. The van der Waals surface area contributed by atoms with E-state index in [4.69, 9.17) is 30.5 Å². The summed E-state index contributed by atoms with van der Waals surface area (Å²) in [5.74, 6) is 1.37. The van der Waals surface area contributed by atoms with Crippen molar-refractivity contribution in [1.82, 2.24) is 0 Å². The molecule has 1 aliphatic heterocycles. The summed E-state index contributed by atoms with van der Waals surface area (Å²) in [6.45, 7) is 12.2. The van der Waals surface area contributed by atoms with Crippen LogP contribution in [0.1, 0.15) is 106 Å². The number of nitriles is 4. The standard InChI is InChI=1S/C10H15NO2.C9H13N.C7H9N.C7H11N/c1-9(2)10(3,4)13-8(12-9)6-5-7-11;10-8-4-7-9-5-2-1-3-6-9;8-6-7-4-2-1-3-5-7;1-7(2)5-3-4-6-8/h5-6,8H,1-4H3;4,7,9H,1-3,5-6H2;4H,1-3,5H2;3-4,7H,5H2,1-2H3/b6-5+;7-4+;;4-3+. The third-order valence-electron chi connectivity index (χ3n) is 6.93. The van der Waals surface area contributed by atoms with Crippen LogP contribution in [-0.2, 0) is 9.47 Å². The van der Waals surface area contributed by atoms with E-state index in [2.05, 4.69) is 26.0 Å². The van der Waals surface area contributed by atoms with Crippen LogP contribution in [0, 0.1) is 57.2 Å². The summed E-state index contributed by atoms with van der Waals surface area (Å²) in [4.78, 5) is 0. The molecule has 0 unspecified atom stereocenters. The summed E-state index contributed by atoms with van der Waals surface area (Å²) in [6.07, 6.45) is 24.0. The average molecular weight is 533 g/mol. The number of ether oxygens (including phenoxy) is 2. The fraction of sp³-hybridized carbons (Fsp3) is 0.636. The van der Waals surface area contributed by atoms with E-state index < -0.39 is 6.29 Å². The first-order valence-corrected chi connectivity index (χ1v) is 14.1. The van der Waals surface area contributed by atoms with Crippen molar-refractivity contribution in [3.63, 3.8) is 0 Å². The van der Waals surface area contributed by atoms with Crippen LogP contribution in [0.2, 0.25) is 0 Å². The van der Waals surface area contributed by atoms with Gasteiger partial charge in [0.2, 0.25) is 0 Å². The molecule has 212 valence electrons. The zero-order valence-electron chi connectivity index (χ0n) is 24.9. The summed E-state index contributed by atoms with van der Waals surface area (Å²) >= 11 is 0. The maximum Gasteiger partial charge on any atom is 0.179 e. The van der Waals surface area contributed by atoms with Crippen molar-refractivity contribution in [2.75, 3.05) is 0 Å². The second kappa shape index (κ2) is 20.8. The molecular formula is C33H48N4O2. The van der Waals surface area contributed by atoms with E-state index >= 15 is 0 Å². The van der Waals surface area contributed by atoms with Gasteiger partial charge in [0.25, 0.3) is 0 Å². The first-order valence-electron chi connectivity index (χ1n) is 14.1. The number of rotatable bonds is 4. The highest BCUT2D eigenvalue weighted by Crippen LogP contribution is 2.38. The van der Waals surface area contributed by atoms with E-state index in [1.807, 2.05) is 58.1 Å². The Balaban J connectivity index is 0.000000505. The highest BCUT2D eigenvalue weighted by molar-refractivity contribution is 5.21. The predicted octanol–water partition coefficient (Wildman–Crippen LogP) is 8.77. The predicted molar refractivity (Wildman–Crippen MR) is 157 cm³/mol. The lowest BCUT2D eigenvalue weighted by atomic mass is 9.89. The van der Waals surface area contributed by atoms with Crippen molar-refractivity contribution in [3.8, 4) is 24.3 Å². The molecule has 0 aromatic rings. The lowest BCUT2D eigenvalue weighted by Gasteiger charge is -2.30. The Kier molecular flexibility index (Phi) is 19.1. The van der Waals surface area contributed by atoms with Gasteiger partial charge in [-0.3, -0.25) is 0 Å². The van der Waals surface area contributed by atoms with E-state index in [0.29, 0.717) is 11.8 Å². The van der Waals surface area contributed by atoms with Crippen molar-refractivity contribution >= 4 is 0 Å². The van der Waals surface area contributed by atoms with E-state index in [1.165, 1.54) is 57.1 Å². The van der Waals surface area contributed by atoms with Crippen molar-refractivity contribution in [2.24, 2.45) is 11.8 Å². The average Bonchev–Trinajstić information content (AvgIpc) is 3.14. The van der Waals surface area contributed by atoms with Crippen molar-refractivity contribution in [2.45, 2.75) is 123 Å². The molecule has 3 rings (SSSR count). The SMILES string of the molecule is CC(C)C/C=C/C#N.CC1(C)OC(/C=C/C#N)OC1(C)C.N#C/C=C/C1CCCCC1.N#CC1=CCCCC1. The number of allylic oxidation sites excluding steroid dienone is 7. The lowest BCUT2D eigenvalue weighted by molar-refractivity contribution is -0.0505. The van der Waals surface area contributed by atoms with Gasteiger partial charge >= 0.3 is 0 Å². The fourth-order valence-electron chi connectivity index (χ4n) is 3.93.